The predicted octanol–water partition coefficient (Wildman–Crippen LogP) is 5.83. The summed E-state index contributed by atoms with van der Waals surface area (Å²) in [6.07, 6.45) is 7.15. The molecule has 1 unspecified atom stereocenters. The van der Waals surface area contributed by atoms with Crippen LogP contribution >= 0.6 is 39.1 Å². The van der Waals surface area contributed by atoms with Crippen LogP contribution in [0, 0.1) is 0 Å². The Morgan fingerprint density at radius 3 is 2.76 bits per heavy atom. The largest absolute Gasteiger partial charge is 0.366 e. The Morgan fingerprint density at radius 1 is 1.18 bits per heavy atom. The zero-order valence-corrected chi connectivity index (χ0v) is 21.2. The maximum Gasteiger partial charge on any atom is 0.253 e. The van der Waals surface area contributed by atoms with Gasteiger partial charge in [0.15, 0.2) is 5.65 Å². The minimum absolute atomic E-state index is 0.0735. The second-order valence-corrected chi connectivity index (χ2v) is 9.98. The van der Waals surface area contributed by atoms with E-state index in [9.17, 15) is 4.79 Å². The molecule has 1 N–H and O–H groups in total. The zero-order valence-electron chi connectivity index (χ0n) is 18.1. The molecule has 0 saturated carbocycles. The fourth-order valence-corrected chi connectivity index (χ4v) is 5.12. The maximum atomic E-state index is 13.2. The summed E-state index contributed by atoms with van der Waals surface area (Å²) in [7, 11) is 0. The van der Waals surface area contributed by atoms with Crippen molar-refractivity contribution < 1.29 is 4.79 Å². The Labute approximate surface area is 215 Å². The number of benzene rings is 1. The van der Waals surface area contributed by atoms with Crippen LogP contribution in [0.15, 0.2) is 59.5 Å². The minimum atomic E-state index is -0.0735. The lowest BCUT2D eigenvalue weighted by molar-refractivity contribution is 0.0706. The molecule has 0 aliphatic carbocycles. The Bertz CT molecular complexity index is 1330. The lowest BCUT2D eigenvalue weighted by Crippen LogP contribution is -2.39. The molecule has 3 aromatic heterocycles. The van der Waals surface area contributed by atoms with Gasteiger partial charge in [-0.3, -0.25) is 9.78 Å². The number of hydrogen-bond donors (Lipinski definition) is 1. The molecule has 1 atom stereocenters. The fraction of sp³-hybridized carbons (Fsp3) is 0.250. The van der Waals surface area contributed by atoms with Gasteiger partial charge in [-0.1, -0.05) is 29.3 Å². The van der Waals surface area contributed by atoms with Crippen LogP contribution in [0.5, 0.6) is 0 Å². The SMILES string of the molecule is O=C(c1cc(Cl)cc(Cl)c1)N1CCCC(c2cc(NCc3cccnc3)n3ncc(Br)c3n2)C1. The van der Waals surface area contributed by atoms with Crippen molar-refractivity contribution in [1.29, 1.82) is 0 Å². The van der Waals surface area contributed by atoms with E-state index in [1.165, 1.54) is 0 Å². The van der Waals surface area contributed by atoms with E-state index in [1.54, 1.807) is 35.1 Å². The molecular formula is C24H21BrCl2N6O. The van der Waals surface area contributed by atoms with Gasteiger partial charge in [0.05, 0.1) is 16.4 Å². The Kier molecular flexibility index (Phi) is 6.72. The molecule has 0 bridgehead atoms. The molecule has 7 nitrogen and oxygen atoms in total. The Balaban J connectivity index is 1.41. The lowest BCUT2D eigenvalue weighted by Gasteiger charge is -2.33. The molecule has 0 spiro atoms. The van der Waals surface area contributed by atoms with Gasteiger partial charge in [0, 0.05) is 59.6 Å². The van der Waals surface area contributed by atoms with Gasteiger partial charge in [0.2, 0.25) is 0 Å². The highest BCUT2D eigenvalue weighted by Crippen LogP contribution is 2.31. The average Bonchev–Trinajstić information content (AvgIpc) is 3.23. The topological polar surface area (TPSA) is 75.4 Å². The van der Waals surface area contributed by atoms with E-state index in [4.69, 9.17) is 28.2 Å². The number of pyridine rings is 1. The van der Waals surface area contributed by atoms with Crippen LogP contribution in [0.4, 0.5) is 5.82 Å². The number of halogens is 3. The van der Waals surface area contributed by atoms with Gasteiger partial charge in [-0.2, -0.15) is 9.61 Å². The third-order valence-corrected chi connectivity index (χ3v) is 6.88. The second kappa shape index (κ2) is 9.90. The number of carbonyl (C=O) groups is 1. The smallest absolute Gasteiger partial charge is 0.253 e. The molecule has 0 radical (unpaired) electrons. The molecule has 10 heteroatoms. The normalized spacial score (nSPS) is 16.1. The number of amides is 1. The van der Waals surface area contributed by atoms with Crippen molar-refractivity contribution in [2.45, 2.75) is 25.3 Å². The van der Waals surface area contributed by atoms with Crippen molar-refractivity contribution >= 4 is 56.5 Å². The van der Waals surface area contributed by atoms with Crippen LogP contribution in [0.1, 0.15) is 40.4 Å². The molecule has 1 fully saturated rings. The molecule has 1 saturated heterocycles. The minimum Gasteiger partial charge on any atom is -0.366 e. The first-order chi connectivity index (χ1) is 16.5. The highest BCUT2D eigenvalue weighted by atomic mass is 79.9. The summed E-state index contributed by atoms with van der Waals surface area (Å²) in [5.41, 5.74) is 3.22. The van der Waals surface area contributed by atoms with Crippen LogP contribution in [0.2, 0.25) is 10.0 Å². The van der Waals surface area contributed by atoms with Gasteiger partial charge in [-0.15, -0.1) is 0 Å². The molecule has 1 aliphatic rings. The third-order valence-electron chi connectivity index (χ3n) is 5.88. The number of nitrogens with zero attached hydrogens (tertiary/aromatic N) is 5. The molecule has 4 aromatic rings. The highest BCUT2D eigenvalue weighted by molar-refractivity contribution is 9.10. The number of carbonyl (C=O) groups excluding carboxylic acids is 1. The van der Waals surface area contributed by atoms with E-state index in [0.717, 1.165) is 40.0 Å². The van der Waals surface area contributed by atoms with Gasteiger partial charge >= 0.3 is 0 Å². The standard InChI is InChI=1S/C24H21BrCl2N6O/c25-20-13-30-33-22(29-12-15-3-1-5-28-11-15)10-21(31-23(20)33)16-4-2-6-32(14-16)24(34)17-7-18(26)9-19(27)8-17/h1,3,5,7-11,13,16,29H,2,4,6,12,14H2. The first-order valence-electron chi connectivity index (χ1n) is 10.9. The lowest BCUT2D eigenvalue weighted by atomic mass is 9.94. The van der Waals surface area contributed by atoms with Gasteiger partial charge in [-0.25, -0.2) is 4.98 Å². The first kappa shape index (κ1) is 23.1. The van der Waals surface area contributed by atoms with E-state index >= 15 is 0 Å². The number of rotatable bonds is 5. The fourth-order valence-electron chi connectivity index (χ4n) is 4.25. The van der Waals surface area contributed by atoms with Crippen molar-refractivity contribution in [3.05, 3.63) is 86.3 Å². The summed E-state index contributed by atoms with van der Waals surface area (Å²) >= 11 is 15.8. The van der Waals surface area contributed by atoms with Crippen LogP contribution in [-0.4, -0.2) is 43.5 Å². The van der Waals surface area contributed by atoms with Crippen molar-refractivity contribution in [1.82, 2.24) is 24.5 Å². The number of fused-ring (bicyclic) bond motifs is 1. The summed E-state index contributed by atoms with van der Waals surface area (Å²) in [5, 5.41) is 8.82. The van der Waals surface area contributed by atoms with Gasteiger partial charge in [0.25, 0.3) is 5.91 Å². The molecule has 1 aliphatic heterocycles. The van der Waals surface area contributed by atoms with Crippen molar-refractivity contribution in [3.8, 4) is 0 Å². The van der Waals surface area contributed by atoms with E-state index < -0.39 is 0 Å². The Hall–Kier alpha value is -2.68. The monoisotopic (exact) mass is 558 g/mol. The average molecular weight is 560 g/mol. The molecule has 1 aromatic carbocycles. The van der Waals surface area contributed by atoms with Gasteiger partial charge in [-0.05, 0) is 58.6 Å². The molecule has 5 rings (SSSR count). The quantitative estimate of drug-likeness (QED) is 0.333. The van der Waals surface area contributed by atoms with Crippen molar-refractivity contribution in [2.75, 3.05) is 18.4 Å². The molecule has 1 amide bonds. The van der Waals surface area contributed by atoms with Crippen LogP contribution in [0.3, 0.4) is 0 Å². The van der Waals surface area contributed by atoms with E-state index in [2.05, 4.69) is 31.3 Å². The number of anilines is 1. The van der Waals surface area contributed by atoms with Crippen LogP contribution < -0.4 is 5.32 Å². The zero-order chi connectivity index (χ0) is 23.7. The first-order valence-corrected chi connectivity index (χ1v) is 12.4. The summed E-state index contributed by atoms with van der Waals surface area (Å²) in [6, 6.07) is 10.9. The Morgan fingerprint density at radius 2 is 2.00 bits per heavy atom. The van der Waals surface area contributed by atoms with E-state index in [-0.39, 0.29) is 11.8 Å². The number of likely N-dealkylation sites (tertiary alicyclic amines) is 1. The maximum absolute atomic E-state index is 13.2. The summed E-state index contributed by atoms with van der Waals surface area (Å²) in [4.78, 5) is 24.1. The van der Waals surface area contributed by atoms with E-state index in [1.807, 2.05) is 29.3 Å². The van der Waals surface area contributed by atoms with E-state index in [0.29, 0.717) is 35.2 Å². The summed E-state index contributed by atoms with van der Waals surface area (Å²) in [5.74, 6) is 0.855. The van der Waals surface area contributed by atoms with Gasteiger partial charge in [0.1, 0.15) is 5.82 Å². The number of nitrogens with one attached hydrogen (secondary N) is 1. The van der Waals surface area contributed by atoms with Crippen LogP contribution in [-0.2, 0) is 6.54 Å². The number of piperidine rings is 1. The number of aromatic nitrogens is 4. The summed E-state index contributed by atoms with van der Waals surface area (Å²) in [6.45, 7) is 1.86. The molecule has 4 heterocycles. The van der Waals surface area contributed by atoms with Crippen LogP contribution in [0.25, 0.3) is 5.65 Å². The molecular weight excluding hydrogens is 539 g/mol. The third kappa shape index (κ3) is 4.89. The predicted molar refractivity (Wildman–Crippen MR) is 137 cm³/mol. The second-order valence-electron chi connectivity index (χ2n) is 8.26. The number of hydrogen-bond acceptors (Lipinski definition) is 5. The van der Waals surface area contributed by atoms with Gasteiger partial charge < -0.3 is 10.2 Å². The summed E-state index contributed by atoms with van der Waals surface area (Å²) < 4.78 is 2.60. The van der Waals surface area contributed by atoms with Crippen molar-refractivity contribution in [2.24, 2.45) is 0 Å². The highest BCUT2D eigenvalue weighted by Gasteiger charge is 2.28. The molecule has 34 heavy (non-hydrogen) atoms. The molecule has 174 valence electrons. The van der Waals surface area contributed by atoms with Crippen molar-refractivity contribution in [3.63, 3.8) is 0 Å².